The zero-order valence-electron chi connectivity index (χ0n) is 14.2. The highest BCUT2D eigenvalue weighted by atomic mass is 16.2. The number of carbonyl (C=O) groups excluding carboxylic acids is 2. The highest BCUT2D eigenvalue weighted by molar-refractivity contribution is 6.14. The normalized spacial score (nSPS) is 26.4. The molecular formula is C18H26N3O2+. The molecule has 2 N–H and O–H groups in total. The number of hydrogen-bond acceptors (Lipinski definition) is 2. The van der Waals surface area contributed by atoms with Crippen LogP contribution in [0.4, 0.5) is 11.4 Å². The highest BCUT2D eigenvalue weighted by Gasteiger charge is 2.44. The van der Waals surface area contributed by atoms with Crippen LogP contribution in [0, 0.1) is 0 Å². The van der Waals surface area contributed by atoms with Gasteiger partial charge in [-0.25, -0.2) is 0 Å². The molecule has 1 fully saturated rings. The second-order valence-corrected chi connectivity index (χ2v) is 7.24. The fourth-order valence-corrected chi connectivity index (χ4v) is 3.69. The molecule has 0 bridgehead atoms. The molecule has 1 saturated heterocycles. The first kappa shape index (κ1) is 16.0. The lowest BCUT2D eigenvalue weighted by molar-refractivity contribution is -0.920. The fraction of sp³-hybridized carbons (Fsp3) is 0.556. The summed E-state index contributed by atoms with van der Waals surface area (Å²) < 4.78 is 0. The smallest absolute Gasteiger partial charge is 0.283 e. The van der Waals surface area contributed by atoms with Crippen LogP contribution in [-0.2, 0) is 9.59 Å². The van der Waals surface area contributed by atoms with Gasteiger partial charge in [0.15, 0.2) is 6.54 Å². The molecule has 1 aromatic rings. The molecule has 2 amide bonds. The van der Waals surface area contributed by atoms with E-state index in [9.17, 15) is 9.59 Å². The third-order valence-corrected chi connectivity index (χ3v) is 5.22. The number of anilines is 2. The molecule has 0 aromatic heterocycles. The van der Waals surface area contributed by atoms with Crippen LogP contribution in [0.1, 0.15) is 40.0 Å². The average molecular weight is 316 g/mol. The third-order valence-electron chi connectivity index (χ3n) is 5.22. The van der Waals surface area contributed by atoms with Crippen molar-refractivity contribution in [3.63, 3.8) is 0 Å². The number of carbonyl (C=O) groups is 2. The Balaban J connectivity index is 1.89. The van der Waals surface area contributed by atoms with Crippen molar-refractivity contribution >= 4 is 23.2 Å². The number of fused-ring (bicyclic) bond motifs is 1. The monoisotopic (exact) mass is 316 g/mol. The number of benzene rings is 1. The molecule has 2 aliphatic rings. The topological polar surface area (TPSA) is 53.9 Å². The van der Waals surface area contributed by atoms with E-state index in [0.29, 0.717) is 18.3 Å². The van der Waals surface area contributed by atoms with Crippen LogP contribution < -0.4 is 15.1 Å². The van der Waals surface area contributed by atoms with Crippen LogP contribution in [0.3, 0.4) is 0 Å². The zero-order chi connectivity index (χ0) is 16.6. The summed E-state index contributed by atoms with van der Waals surface area (Å²) in [6.07, 6.45) is 3.59. The average Bonchev–Trinajstić information content (AvgIpc) is 2.50. The molecule has 0 saturated carbocycles. The van der Waals surface area contributed by atoms with Gasteiger partial charge in [-0.15, -0.1) is 0 Å². The van der Waals surface area contributed by atoms with Gasteiger partial charge in [0.2, 0.25) is 5.91 Å². The standard InChI is InChI=1S/C18H25N3O2/c1-13-8-6-7-11-20(13)12-16(22)21-15-10-5-4-9-14(15)19-17(23)18(21,2)3/h4-5,9-10,13H,6-8,11-12H2,1-3H3,(H,19,23)/p+1/t13-/m1/s1. The van der Waals surface area contributed by atoms with Crippen molar-refractivity contribution in [3.8, 4) is 0 Å². The summed E-state index contributed by atoms with van der Waals surface area (Å²) in [4.78, 5) is 28.5. The van der Waals surface area contributed by atoms with Gasteiger partial charge in [-0.1, -0.05) is 12.1 Å². The van der Waals surface area contributed by atoms with Gasteiger partial charge in [0.25, 0.3) is 5.91 Å². The Hall–Kier alpha value is -1.88. The minimum Gasteiger partial charge on any atom is -0.325 e. The molecule has 5 heteroatoms. The minimum atomic E-state index is -0.871. The predicted molar refractivity (Wildman–Crippen MR) is 90.6 cm³/mol. The Morgan fingerprint density at radius 1 is 1.35 bits per heavy atom. The molecule has 0 spiro atoms. The lowest BCUT2D eigenvalue weighted by Gasteiger charge is -2.42. The second-order valence-electron chi connectivity index (χ2n) is 7.24. The number of hydrogen-bond donors (Lipinski definition) is 2. The van der Waals surface area contributed by atoms with E-state index in [2.05, 4.69) is 12.2 Å². The van der Waals surface area contributed by atoms with Crippen molar-refractivity contribution in [2.75, 3.05) is 23.3 Å². The first-order valence-electron chi connectivity index (χ1n) is 8.49. The Morgan fingerprint density at radius 3 is 2.83 bits per heavy atom. The van der Waals surface area contributed by atoms with Crippen molar-refractivity contribution < 1.29 is 14.5 Å². The second kappa shape index (κ2) is 5.96. The summed E-state index contributed by atoms with van der Waals surface area (Å²) in [6, 6.07) is 8.04. The molecule has 2 aliphatic heterocycles. The van der Waals surface area contributed by atoms with E-state index in [1.165, 1.54) is 24.2 Å². The number of likely N-dealkylation sites (tertiary alicyclic amines) is 1. The third kappa shape index (κ3) is 2.85. The highest BCUT2D eigenvalue weighted by Crippen LogP contribution is 2.36. The molecule has 2 heterocycles. The molecule has 23 heavy (non-hydrogen) atoms. The van der Waals surface area contributed by atoms with E-state index < -0.39 is 5.54 Å². The van der Waals surface area contributed by atoms with Crippen LogP contribution in [-0.4, -0.2) is 36.5 Å². The quantitative estimate of drug-likeness (QED) is 0.862. The molecule has 2 atom stereocenters. The minimum absolute atomic E-state index is 0.0288. The molecule has 5 nitrogen and oxygen atoms in total. The van der Waals surface area contributed by atoms with Gasteiger partial charge >= 0.3 is 0 Å². The number of rotatable bonds is 2. The maximum Gasteiger partial charge on any atom is 0.283 e. The van der Waals surface area contributed by atoms with Gasteiger partial charge in [0.1, 0.15) is 5.54 Å². The first-order valence-corrected chi connectivity index (χ1v) is 8.49. The van der Waals surface area contributed by atoms with E-state index in [1.807, 2.05) is 38.1 Å². The predicted octanol–water partition coefficient (Wildman–Crippen LogP) is 1.21. The number of para-hydroxylation sites is 2. The molecule has 3 rings (SSSR count). The van der Waals surface area contributed by atoms with Gasteiger partial charge in [-0.3, -0.25) is 14.5 Å². The number of quaternary nitrogens is 1. The summed E-state index contributed by atoms with van der Waals surface area (Å²) >= 11 is 0. The zero-order valence-corrected chi connectivity index (χ0v) is 14.2. The summed E-state index contributed by atoms with van der Waals surface area (Å²) in [5.74, 6) is -0.104. The van der Waals surface area contributed by atoms with E-state index >= 15 is 0 Å². The molecule has 124 valence electrons. The van der Waals surface area contributed by atoms with Crippen molar-refractivity contribution in [1.29, 1.82) is 0 Å². The van der Waals surface area contributed by atoms with Gasteiger partial charge < -0.3 is 10.2 Å². The fourth-order valence-electron chi connectivity index (χ4n) is 3.69. The maximum absolute atomic E-state index is 13.1. The molecule has 0 radical (unpaired) electrons. The van der Waals surface area contributed by atoms with Crippen LogP contribution in [0.15, 0.2) is 24.3 Å². The first-order chi connectivity index (χ1) is 10.9. The Morgan fingerprint density at radius 2 is 2.09 bits per heavy atom. The van der Waals surface area contributed by atoms with Gasteiger partial charge in [-0.05, 0) is 52.2 Å². The lowest BCUT2D eigenvalue weighted by Crippen LogP contribution is -3.17. The molecule has 1 unspecified atom stereocenters. The Kier molecular flexibility index (Phi) is 4.15. The molecule has 1 aromatic carbocycles. The number of amides is 2. The van der Waals surface area contributed by atoms with E-state index in [1.54, 1.807) is 4.90 Å². The number of nitrogens with one attached hydrogen (secondary N) is 2. The summed E-state index contributed by atoms with van der Waals surface area (Å²) in [5, 5.41) is 2.91. The molecular weight excluding hydrogens is 290 g/mol. The summed E-state index contributed by atoms with van der Waals surface area (Å²) in [7, 11) is 0. The van der Waals surface area contributed by atoms with Crippen LogP contribution in [0.25, 0.3) is 0 Å². The lowest BCUT2D eigenvalue weighted by atomic mass is 9.95. The summed E-state index contributed by atoms with van der Waals surface area (Å²) in [5.41, 5.74) is 0.641. The number of piperidine rings is 1. The van der Waals surface area contributed by atoms with Gasteiger partial charge in [0, 0.05) is 0 Å². The van der Waals surface area contributed by atoms with Gasteiger partial charge in [-0.2, -0.15) is 0 Å². The Labute approximate surface area is 137 Å². The van der Waals surface area contributed by atoms with E-state index in [0.717, 1.165) is 12.2 Å². The van der Waals surface area contributed by atoms with E-state index in [4.69, 9.17) is 0 Å². The molecule has 0 aliphatic carbocycles. The van der Waals surface area contributed by atoms with Crippen LogP contribution in [0.2, 0.25) is 0 Å². The van der Waals surface area contributed by atoms with Crippen LogP contribution >= 0.6 is 0 Å². The van der Waals surface area contributed by atoms with Gasteiger partial charge in [0.05, 0.1) is 24.0 Å². The van der Waals surface area contributed by atoms with Crippen LogP contribution in [0.5, 0.6) is 0 Å². The number of nitrogens with zero attached hydrogens (tertiary/aromatic N) is 1. The van der Waals surface area contributed by atoms with Crippen molar-refractivity contribution in [1.82, 2.24) is 0 Å². The largest absolute Gasteiger partial charge is 0.325 e. The maximum atomic E-state index is 13.1. The summed E-state index contributed by atoms with van der Waals surface area (Å²) in [6.45, 7) is 7.32. The van der Waals surface area contributed by atoms with E-state index in [-0.39, 0.29) is 11.8 Å². The SMILES string of the molecule is C[C@@H]1CCCC[NH+]1CC(=O)N1c2ccccc2NC(=O)C1(C)C. The van der Waals surface area contributed by atoms with Crippen molar-refractivity contribution in [3.05, 3.63) is 24.3 Å². The Bertz CT molecular complexity index is 626. The van der Waals surface area contributed by atoms with Crippen molar-refractivity contribution in [2.24, 2.45) is 0 Å². The van der Waals surface area contributed by atoms with Crippen molar-refractivity contribution in [2.45, 2.75) is 51.6 Å².